The first-order chi connectivity index (χ1) is 8.49. The average molecular weight is 323 g/mol. The van der Waals surface area contributed by atoms with Gasteiger partial charge in [0.15, 0.2) is 5.13 Å². The Labute approximate surface area is 120 Å². The van der Waals surface area contributed by atoms with E-state index in [9.17, 15) is 0 Å². The molecule has 94 valence electrons. The highest BCUT2D eigenvalue weighted by molar-refractivity contribution is 9.10. The van der Waals surface area contributed by atoms with Crippen LogP contribution in [0.4, 0.5) is 5.13 Å². The summed E-state index contributed by atoms with van der Waals surface area (Å²) in [5, 5.41) is 2.56. The maximum atomic E-state index is 5.62. The highest BCUT2D eigenvalue weighted by atomic mass is 79.9. The lowest BCUT2D eigenvalue weighted by Crippen LogP contribution is -1.91. The Morgan fingerprint density at radius 2 is 1.94 bits per heavy atom. The zero-order valence-corrected chi connectivity index (χ0v) is 13.0. The SMILES string of the molecule is Cc1cc(C)c(/C=C/c2csc(N)n2)c(C)c1Br. The lowest BCUT2D eigenvalue weighted by atomic mass is 9.99. The van der Waals surface area contributed by atoms with Crippen molar-refractivity contribution in [3.8, 4) is 0 Å². The molecule has 2 N–H and O–H groups in total. The van der Waals surface area contributed by atoms with E-state index in [1.807, 2.05) is 11.5 Å². The second-order valence-electron chi connectivity index (χ2n) is 4.31. The number of nitrogens with zero attached hydrogens (tertiary/aromatic N) is 1. The monoisotopic (exact) mass is 322 g/mol. The van der Waals surface area contributed by atoms with Gasteiger partial charge in [0, 0.05) is 9.85 Å². The van der Waals surface area contributed by atoms with Crippen LogP contribution in [0.1, 0.15) is 27.9 Å². The number of anilines is 1. The third kappa shape index (κ3) is 2.65. The molecule has 1 aromatic heterocycles. The molecule has 0 aliphatic rings. The molecule has 18 heavy (non-hydrogen) atoms. The molecule has 0 saturated carbocycles. The predicted octanol–water partition coefficient (Wildman–Crippen LogP) is 4.58. The van der Waals surface area contributed by atoms with Gasteiger partial charge < -0.3 is 5.73 Å². The number of aromatic nitrogens is 1. The van der Waals surface area contributed by atoms with Gasteiger partial charge in [-0.15, -0.1) is 11.3 Å². The van der Waals surface area contributed by atoms with Gasteiger partial charge >= 0.3 is 0 Å². The van der Waals surface area contributed by atoms with Crippen LogP contribution in [0.5, 0.6) is 0 Å². The van der Waals surface area contributed by atoms with Crippen LogP contribution in [0.2, 0.25) is 0 Å². The van der Waals surface area contributed by atoms with E-state index in [2.05, 4.69) is 53.8 Å². The van der Waals surface area contributed by atoms with Crippen molar-refractivity contribution in [3.05, 3.63) is 43.9 Å². The number of hydrogen-bond acceptors (Lipinski definition) is 3. The van der Waals surface area contributed by atoms with Crippen LogP contribution in [-0.4, -0.2) is 4.98 Å². The topological polar surface area (TPSA) is 38.9 Å². The van der Waals surface area contributed by atoms with Crippen molar-refractivity contribution in [2.75, 3.05) is 5.73 Å². The summed E-state index contributed by atoms with van der Waals surface area (Å²) in [6.45, 7) is 6.36. The number of nitrogen functional groups attached to an aromatic ring is 1. The van der Waals surface area contributed by atoms with Crippen molar-refractivity contribution in [2.45, 2.75) is 20.8 Å². The number of aryl methyl sites for hydroxylation is 2. The molecule has 0 spiro atoms. The maximum absolute atomic E-state index is 5.62. The first kappa shape index (κ1) is 13.3. The zero-order valence-electron chi connectivity index (χ0n) is 10.6. The molecule has 2 rings (SSSR count). The van der Waals surface area contributed by atoms with Crippen LogP contribution in [0, 0.1) is 20.8 Å². The first-order valence-corrected chi connectivity index (χ1v) is 7.31. The summed E-state index contributed by atoms with van der Waals surface area (Å²) in [6.07, 6.45) is 4.10. The average Bonchev–Trinajstić information content (AvgIpc) is 2.72. The molecule has 2 aromatic rings. The van der Waals surface area contributed by atoms with E-state index in [-0.39, 0.29) is 0 Å². The molecule has 0 radical (unpaired) electrons. The van der Waals surface area contributed by atoms with Gasteiger partial charge in [-0.05, 0) is 49.1 Å². The van der Waals surface area contributed by atoms with Gasteiger partial charge in [0.1, 0.15) is 0 Å². The minimum Gasteiger partial charge on any atom is -0.375 e. The molecule has 0 amide bonds. The third-order valence-corrected chi connectivity index (χ3v) is 4.81. The number of nitrogens with two attached hydrogens (primary N) is 1. The normalized spacial score (nSPS) is 11.3. The molecule has 1 aromatic carbocycles. The number of thiazole rings is 1. The minimum atomic E-state index is 0.605. The molecule has 0 fully saturated rings. The van der Waals surface area contributed by atoms with Gasteiger partial charge in [-0.1, -0.05) is 28.1 Å². The summed E-state index contributed by atoms with van der Waals surface area (Å²) in [5.41, 5.74) is 11.6. The molecule has 0 saturated heterocycles. The molecular weight excluding hydrogens is 308 g/mol. The van der Waals surface area contributed by atoms with Crippen molar-refractivity contribution in [3.63, 3.8) is 0 Å². The Bertz CT molecular complexity index is 614. The maximum Gasteiger partial charge on any atom is 0.180 e. The van der Waals surface area contributed by atoms with E-state index >= 15 is 0 Å². The van der Waals surface area contributed by atoms with Gasteiger partial charge in [-0.3, -0.25) is 0 Å². The highest BCUT2D eigenvalue weighted by Gasteiger charge is 2.06. The summed E-state index contributed by atoms with van der Waals surface area (Å²) >= 11 is 5.09. The fourth-order valence-corrected chi connectivity index (χ4v) is 2.84. The number of rotatable bonds is 2. The van der Waals surface area contributed by atoms with E-state index in [0.29, 0.717) is 5.13 Å². The van der Waals surface area contributed by atoms with Gasteiger partial charge in [-0.2, -0.15) is 0 Å². The molecule has 0 bridgehead atoms. The second kappa shape index (κ2) is 5.24. The number of halogens is 1. The largest absolute Gasteiger partial charge is 0.375 e. The van der Waals surface area contributed by atoms with E-state index in [1.165, 1.54) is 38.1 Å². The fraction of sp³-hybridized carbons (Fsp3) is 0.214. The molecular formula is C14H15BrN2S. The third-order valence-electron chi connectivity index (χ3n) is 2.90. The van der Waals surface area contributed by atoms with E-state index in [1.54, 1.807) is 0 Å². The molecule has 0 unspecified atom stereocenters. The van der Waals surface area contributed by atoms with Crippen molar-refractivity contribution in [1.82, 2.24) is 4.98 Å². The molecule has 2 nitrogen and oxygen atoms in total. The summed E-state index contributed by atoms with van der Waals surface area (Å²) in [4.78, 5) is 4.22. The van der Waals surface area contributed by atoms with E-state index in [4.69, 9.17) is 5.73 Å². The molecule has 1 heterocycles. The Morgan fingerprint density at radius 1 is 1.22 bits per heavy atom. The Hall–Kier alpha value is -1.13. The number of benzene rings is 1. The van der Waals surface area contributed by atoms with Crippen molar-refractivity contribution < 1.29 is 0 Å². The van der Waals surface area contributed by atoms with Crippen molar-refractivity contribution in [2.24, 2.45) is 0 Å². The Morgan fingerprint density at radius 3 is 2.56 bits per heavy atom. The first-order valence-electron chi connectivity index (χ1n) is 5.64. The molecule has 0 aliphatic carbocycles. The van der Waals surface area contributed by atoms with Gasteiger partial charge in [-0.25, -0.2) is 4.98 Å². The summed E-state index contributed by atoms with van der Waals surface area (Å²) in [7, 11) is 0. The summed E-state index contributed by atoms with van der Waals surface area (Å²) < 4.78 is 1.17. The number of hydrogen-bond donors (Lipinski definition) is 1. The van der Waals surface area contributed by atoms with Gasteiger partial charge in [0.05, 0.1) is 5.69 Å². The van der Waals surface area contributed by atoms with Gasteiger partial charge in [0.2, 0.25) is 0 Å². The zero-order chi connectivity index (χ0) is 13.3. The summed E-state index contributed by atoms with van der Waals surface area (Å²) in [6, 6.07) is 2.19. The van der Waals surface area contributed by atoms with Crippen LogP contribution in [0.15, 0.2) is 15.9 Å². The second-order valence-corrected chi connectivity index (χ2v) is 5.99. The quantitative estimate of drug-likeness (QED) is 0.878. The van der Waals surface area contributed by atoms with Crippen LogP contribution in [0.3, 0.4) is 0 Å². The van der Waals surface area contributed by atoms with Crippen molar-refractivity contribution >= 4 is 44.6 Å². The van der Waals surface area contributed by atoms with Gasteiger partial charge in [0.25, 0.3) is 0 Å². The lowest BCUT2D eigenvalue weighted by Gasteiger charge is -2.10. The van der Waals surface area contributed by atoms with Crippen molar-refractivity contribution in [1.29, 1.82) is 0 Å². The summed E-state index contributed by atoms with van der Waals surface area (Å²) in [5.74, 6) is 0. The Balaban J connectivity index is 2.40. The van der Waals surface area contributed by atoms with Crippen LogP contribution in [0.25, 0.3) is 12.2 Å². The van der Waals surface area contributed by atoms with E-state index < -0.39 is 0 Å². The minimum absolute atomic E-state index is 0.605. The fourth-order valence-electron chi connectivity index (χ4n) is 1.98. The van der Waals surface area contributed by atoms with Crippen LogP contribution >= 0.6 is 27.3 Å². The predicted molar refractivity (Wildman–Crippen MR) is 83.8 cm³/mol. The molecule has 0 aliphatic heterocycles. The van der Waals surface area contributed by atoms with Crippen LogP contribution < -0.4 is 5.73 Å². The highest BCUT2D eigenvalue weighted by Crippen LogP contribution is 2.28. The lowest BCUT2D eigenvalue weighted by molar-refractivity contribution is 1.27. The van der Waals surface area contributed by atoms with Crippen LogP contribution in [-0.2, 0) is 0 Å². The smallest absolute Gasteiger partial charge is 0.180 e. The Kier molecular flexibility index (Phi) is 3.88. The van der Waals surface area contributed by atoms with E-state index in [0.717, 1.165) is 5.69 Å². The standard InChI is InChI=1S/C14H15BrN2S/c1-8-6-9(2)13(15)10(3)12(8)5-4-11-7-18-14(16)17-11/h4-7H,1-3H3,(H2,16,17)/b5-4+. The molecule has 4 heteroatoms. The molecule has 0 atom stereocenters.